The van der Waals surface area contributed by atoms with Crippen molar-refractivity contribution in [3.63, 3.8) is 0 Å². The number of hydrogen-bond acceptors (Lipinski definition) is 6. The summed E-state index contributed by atoms with van der Waals surface area (Å²) in [5, 5.41) is 15.9. The number of para-hydroxylation sites is 2. The van der Waals surface area contributed by atoms with Crippen LogP contribution >= 0.6 is 23.4 Å². The second kappa shape index (κ2) is 8.29. The molecule has 0 saturated heterocycles. The number of hydrogen-bond donors (Lipinski definition) is 1. The molecule has 0 aliphatic heterocycles. The summed E-state index contributed by atoms with van der Waals surface area (Å²) in [6.07, 6.45) is 0. The van der Waals surface area contributed by atoms with E-state index in [0.717, 1.165) is 11.0 Å². The third-order valence-corrected chi connectivity index (χ3v) is 6.16. The van der Waals surface area contributed by atoms with Crippen molar-refractivity contribution in [3.05, 3.63) is 70.7 Å². The van der Waals surface area contributed by atoms with E-state index in [1.54, 1.807) is 25.1 Å². The van der Waals surface area contributed by atoms with Gasteiger partial charge in [0.05, 0.1) is 23.3 Å². The number of carbonyl (C=O) groups excluding carboxylic acids is 1. The quantitative estimate of drug-likeness (QED) is 0.366. The summed E-state index contributed by atoms with van der Waals surface area (Å²) >= 11 is 7.49. The van der Waals surface area contributed by atoms with Crippen molar-refractivity contribution in [2.45, 2.75) is 18.6 Å². The first kappa shape index (κ1) is 20.5. The molecule has 0 unspecified atom stereocenters. The number of rotatable bonds is 6. The van der Waals surface area contributed by atoms with Gasteiger partial charge < -0.3 is 14.4 Å². The fourth-order valence-corrected chi connectivity index (χ4v) is 4.43. The molecule has 3 heterocycles. The molecule has 0 aliphatic rings. The third-order valence-electron chi connectivity index (χ3n) is 4.88. The minimum atomic E-state index is -0.387. The standard InChI is InChI=1S/C21H16ClFN6O2S/c1-12-9-18(27-31-12)24-19(30)11-32-21-26-25-20-28(10-13-14(22)5-4-6-15(13)23)16-7-2-3-8-17(16)29(20)21/h2-9H,10-11H2,1H3,(H,24,27,30). The van der Waals surface area contributed by atoms with Gasteiger partial charge in [-0.1, -0.05) is 46.7 Å². The number of nitrogens with zero attached hydrogens (tertiary/aromatic N) is 5. The first-order valence-corrected chi connectivity index (χ1v) is 11.0. The summed E-state index contributed by atoms with van der Waals surface area (Å²) in [7, 11) is 0. The van der Waals surface area contributed by atoms with Crippen LogP contribution in [0.3, 0.4) is 0 Å². The van der Waals surface area contributed by atoms with Crippen LogP contribution < -0.4 is 5.32 Å². The zero-order valence-electron chi connectivity index (χ0n) is 16.7. The van der Waals surface area contributed by atoms with Gasteiger partial charge in [-0.05, 0) is 31.2 Å². The van der Waals surface area contributed by atoms with Crippen LogP contribution in [0.5, 0.6) is 0 Å². The number of amides is 1. The van der Waals surface area contributed by atoms with Gasteiger partial charge >= 0.3 is 0 Å². The summed E-state index contributed by atoms with van der Waals surface area (Å²) in [6, 6.07) is 13.9. The Morgan fingerprint density at radius 2 is 2.00 bits per heavy atom. The van der Waals surface area contributed by atoms with Crippen LogP contribution in [0, 0.1) is 12.7 Å². The molecular weight excluding hydrogens is 455 g/mol. The van der Waals surface area contributed by atoms with E-state index in [9.17, 15) is 9.18 Å². The van der Waals surface area contributed by atoms with Crippen LogP contribution in [0.4, 0.5) is 10.2 Å². The number of fused-ring (bicyclic) bond motifs is 3. The molecular formula is C21H16ClFN6O2S. The van der Waals surface area contributed by atoms with E-state index >= 15 is 0 Å². The van der Waals surface area contributed by atoms with Crippen LogP contribution in [0.15, 0.2) is 58.2 Å². The number of aryl methyl sites for hydroxylation is 1. The van der Waals surface area contributed by atoms with E-state index in [1.807, 2.05) is 33.2 Å². The lowest BCUT2D eigenvalue weighted by molar-refractivity contribution is -0.113. The molecule has 0 aliphatic carbocycles. The molecule has 3 aromatic heterocycles. The number of thioether (sulfide) groups is 1. The molecule has 0 radical (unpaired) electrons. The van der Waals surface area contributed by atoms with E-state index in [2.05, 4.69) is 20.7 Å². The van der Waals surface area contributed by atoms with Gasteiger partial charge in [0.15, 0.2) is 11.0 Å². The highest BCUT2D eigenvalue weighted by molar-refractivity contribution is 7.99. The fraction of sp³-hybridized carbons (Fsp3) is 0.143. The van der Waals surface area contributed by atoms with Gasteiger partial charge in [0.25, 0.3) is 0 Å². The Hall–Kier alpha value is -3.37. The van der Waals surface area contributed by atoms with Crippen molar-refractivity contribution in [1.29, 1.82) is 0 Å². The maximum absolute atomic E-state index is 14.4. The molecule has 0 saturated carbocycles. The van der Waals surface area contributed by atoms with Crippen LogP contribution in [-0.2, 0) is 11.3 Å². The van der Waals surface area contributed by atoms with Gasteiger partial charge in [0.1, 0.15) is 11.6 Å². The summed E-state index contributed by atoms with van der Waals surface area (Å²) in [4.78, 5) is 12.3. The summed E-state index contributed by atoms with van der Waals surface area (Å²) in [6.45, 7) is 1.94. The normalized spacial score (nSPS) is 11.5. The molecule has 1 N–H and O–H groups in total. The van der Waals surface area contributed by atoms with E-state index in [-0.39, 0.29) is 24.0 Å². The molecule has 32 heavy (non-hydrogen) atoms. The van der Waals surface area contributed by atoms with Gasteiger partial charge in [0.2, 0.25) is 11.7 Å². The topological polar surface area (TPSA) is 90.2 Å². The van der Waals surface area contributed by atoms with Gasteiger partial charge in [-0.3, -0.25) is 9.20 Å². The molecule has 0 bridgehead atoms. The number of imidazole rings is 1. The number of carbonyl (C=O) groups is 1. The Bertz CT molecular complexity index is 1440. The SMILES string of the molecule is Cc1cc(NC(=O)CSc2nnc3n(Cc4c(F)cccc4Cl)c4ccccc4n23)no1. The van der Waals surface area contributed by atoms with Crippen LogP contribution in [0.2, 0.25) is 5.02 Å². The molecule has 2 aromatic carbocycles. The van der Waals surface area contributed by atoms with Crippen LogP contribution in [0.25, 0.3) is 16.8 Å². The molecule has 5 aromatic rings. The predicted octanol–water partition coefficient (Wildman–Crippen LogP) is 4.55. The lowest BCUT2D eigenvalue weighted by Crippen LogP contribution is -2.14. The lowest BCUT2D eigenvalue weighted by Gasteiger charge is -2.08. The number of aromatic nitrogens is 5. The van der Waals surface area contributed by atoms with Crippen molar-refractivity contribution in [1.82, 2.24) is 24.3 Å². The smallest absolute Gasteiger partial charge is 0.237 e. The Morgan fingerprint density at radius 3 is 2.75 bits per heavy atom. The summed E-state index contributed by atoms with van der Waals surface area (Å²) in [5.74, 6) is 0.961. The minimum absolute atomic E-state index is 0.103. The second-order valence-corrected chi connectivity index (χ2v) is 8.40. The highest BCUT2D eigenvalue weighted by Crippen LogP contribution is 2.28. The van der Waals surface area contributed by atoms with Crippen molar-refractivity contribution in [2.24, 2.45) is 0 Å². The molecule has 0 spiro atoms. The van der Waals surface area contributed by atoms with Gasteiger partial charge in [-0.15, -0.1) is 10.2 Å². The highest BCUT2D eigenvalue weighted by Gasteiger charge is 2.20. The number of nitrogens with one attached hydrogen (secondary N) is 1. The van der Waals surface area contributed by atoms with Crippen molar-refractivity contribution < 1.29 is 13.7 Å². The minimum Gasteiger partial charge on any atom is -0.360 e. The number of anilines is 1. The average molecular weight is 471 g/mol. The van der Waals surface area contributed by atoms with E-state index in [1.165, 1.54) is 17.8 Å². The van der Waals surface area contributed by atoms with E-state index < -0.39 is 0 Å². The average Bonchev–Trinajstić information content (AvgIpc) is 3.45. The first-order chi connectivity index (χ1) is 15.5. The molecule has 8 nitrogen and oxygen atoms in total. The summed E-state index contributed by atoms with van der Waals surface area (Å²) < 4.78 is 23.1. The molecule has 1 amide bonds. The second-order valence-electron chi connectivity index (χ2n) is 7.05. The zero-order valence-corrected chi connectivity index (χ0v) is 18.3. The molecule has 0 fully saturated rings. The van der Waals surface area contributed by atoms with Gasteiger partial charge in [-0.25, -0.2) is 4.39 Å². The van der Waals surface area contributed by atoms with Gasteiger partial charge in [0, 0.05) is 16.7 Å². The maximum atomic E-state index is 14.4. The molecule has 162 valence electrons. The molecule has 11 heteroatoms. The fourth-order valence-electron chi connectivity index (χ4n) is 3.46. The van der Waals surface area contributed by atoms with E-state index in [4.69, 9.17) is 16.1 Å². The predicted molar refractivity (Wildman–Crippen MR) is 120 cm³/mol. The van der Waals surface area contributed by atoms with Gasteiger partial charge in [-0.2, -0.15) is 0 Å². The number of halogens is 2. The van der Waals surface area contributed by atoms with Crippen molar-refractivity contribution in [2.75, 3.05) is 11.1 Å². The van der Waals surface area contributed by atoms with Crippen molar-refractivity contribution >= 4 is 51.9 Å². The largest absolute Gasteiger partial charge is 0.360 e. The maximum Gasteiger partial charge on any atom is 0.237 e. The van der Waals surface area contributed by atoms with E-state index in [0.29, 0.717) is 33.1 Å². The Kier molecular flexibility index (Phi) is 5.32. The third kappa shape index (κ3) is 3.71. The molecule has 5 rings (SSSR count). The zero-order chi connectivity index (χ0) is 22.2. The highest BCUT2D eigenvalue weighted by atomic mass is 35.5. The molecule has 0 atom stereocenters. The first-order valence-electron chi connectivity index (χ1n) is 9.62. The Labute approximate surface area is 190 Å². The monoisotopic (exact) mass is 470 g/mol. The lowest BCUT2D eigenvalue weighted by atomic mass is 10.2. The Morgan fingerprint density at radius 1 is 1.19 bits per heavy atom. The van der Waals surface area contributed by atoms with Crippen molar-refractivity contribution in [3.8, 4) is 0 Å². The van der Waals surface area contributed by atoms with Crippen LogP contribution in [-0.4, -0.2) is 36.0 Å². The number of benzene rings is 2. The Balaban J connectivity index is 1.47. The summed E-state index contributed by atoms with van der Waals surface area (Å²) in [5.41, 5.74) is 2.06. The van der Waals surface area contributed by atoms with Crippen LogP contribution in [0.1, 0.15) is 11.3 Å².